The van der Waals surface area contributed by atoms with Crippen molar-refractivity contribution in [1.29, 1.82) is 0 Å². The van der Waals surface area contributed by atoms with Crippen molar-refractivity contribution < 1.29 is 4.79 Å². The largest absolute Gasteiger partial charge is 0.398 e. The number of hydrogen-bond acceptors (Lipinski definition) is 3. The molecule has 0 aliphatic carbocycles. The molecule has 61 valence electrons. The highest BCUT2D eigenvalue weighted by atomic mass is 16.1. The van der Waals surface area contributed by atoms with Crippen LogP contribution in [0.25, 0.3) is 0 Å². The molecule has 4 heteroatoms. The second-order valence-corrected chi connectivity index (χ2v) is 2.38. The van der Waals surface area contributed by atoms with Crippen LogP contribution in [0.2, 0.25) is 0 Å². The van der Waals surface area contributed by atoms with E-state index in [1.165, 1.54) is 7.41 Å². The van der Waals surface area contributed by atoms with Crippen molar-refractivity contribution in [3.8, 4) is 0 Å². The molecule has 0 atom stereocenters. The number of nitrogens with one attached hydrogen (secondary N) is 1. The number of anilines is 1. The summed E-state index contributed by atoms with van der Waals surface area (Å²) in [6, 6.07) is 7.54. The molecule has 0 aromatic heterocycles. The van der Waals surface area contributed by atoms with E-state index >= 15 is 0 Å². The number of nitrogen functional groups attached to an aromatic ring is 1. The van der Waals surface area contributed by atoms with Crippen molar-refractivity contribution in [2.75, 3.05) is 5.73 Å². The number of nitrogens with two attached hydrogens (primary N) is 1. The average molecular weight is 161 g/mol. The number of carbonyl (C=O) groups is 1. The van der Waals surface area contributed by atoms with E-state index in [2.05, 4.69) is 5.23 Å². The minimum Gasteiger partial charge on any atom is -0.398 e. The zero-order valence-electron chi connectivity index (χ0n) is 6.66. The van der Waals surface area contributed by atoms with Gasteiger partial charge in [0.1, 0.15) is 0 Å². The van der Waals surface area contributed by atoms with Crippen molar-refractivity contribution in [1.82, 2.24) is 5.23 Å². The summed E-state index contributed by atoms with van der Waals surface area (Å²) in [6.07, 6.45) is 0.707. The zero-order valence-corrected chi connectivity index (χ0v) is 6.66. The SMILES string of the molecule is Nc1ccccc1CN[B]C=O. The molecule has 3 nitrogen and oxygen atoms in total. The lowest BCUT2D eigenvalue weighted by Gasteiger charge is -2.03. The predicted molar refractivity (Wildman–Crippen MR) is 50.2 cm³/mol. The molecule has 12 heavy (non-hydrogen) atoms. The number of rotatable bonds is 4. The summed E-state index contributed by atoms with van der Waals surface area (Å²) in [5, 5.41) is 2.82. The van der Waals surface area contributed by atoms with E-state index in [0.717, 1.165) is 11.3 Å². The van der Waals surface area contributed by atoms with Crippen LogP contribution in [0, 0.1) is 0 Å². The zero-order chi connectivity index (χ0) is 8.81. The summed E-state index contributed by atoms with van der Waals surface area (Å²) in [5.74, 6) is 0. The first-order valence-electron chi connectivity index (χ1n) is 3.68. The number of benzene rings is 1. The molecule has 0 unspecified atom stereocenters. The lowest BCUT2D eigenvalue weighted by atomic mass is 9.98. The van der Waals surface area contributed by atoms with Crippen LogP contribution in [0.1, 0.15) is 5.56 Å². The number of para-hydroxylation sites is 1. The van der Waals surface area contributed by atoms with E-state index in [4.69, 9.17) is 5.73 Å². The van der Waals surface area contributed by atoms with Gasteiger partial charge in [-0.2, -0.15) is 0 Å². The van der Waals surface area contributed by atoms with Gasteiger partial charge in [-0.05, 0) is 11.6 Å². The highest BCUT2D eigenvalue weighted by molar-refractivity contribution is 6.64. The first-order chi connectivity index (χ1) is 5.84. The van der Waals surface area contributed by atoms with Crippen LogP contribution in [-0.2, 0) is 11.3 Å². The lowest BCUT2D eigenvalue weighted by molar-refractivity contribution is 0.567. The third-order valence-corrected chi connectivity index (χ3v) is 1.53. The van der Waals surface area contributed by atoms with Crippen LogP contribution in [0.4, 0.5) is 5.69 Å². The molecule has 0 heterocycles. The summed E-state index contributed by atoms with van der Waals surface area (Å²) in [7, 11) is 1.35. The van der Waals surface area contributed by atoms with Crippen molar-refractivity contribution in [3.05, 3.63) is 29.8 Å². The Morgan fingerprint density at radius 3 is 2.92 bits per heavy atom. The topological polar surface area (TPSA) is 55.1 Å². The second kappa shape index (κ2) is 4.56. The standard InChI is InChI=1S/C8H10BN2O/c10-8-4-2-1-3-7(8)5-11-9-6-12/h1-4,6,11H,5,10H2. The third kappa shape index (κ3) is 2.40. The summed E-state index contributed by atoms with van der Waals surface area (Å²) >= 11 is 0. The molecule has 1 aromatic rings. The monoisotopic (exact) mass is 161 g/mol. The minimum atomic E-state index is 0.589. The number of carbonyl (C=O) groups excluding carboxylic acids is 1. The molecule has 0 amide bonds. The predicted octanol–water partition coefficient (Wildman–Crippen LogP) is 0.168. The van der Waals surface area contributed by atoms with Crippen LogP contribution in [0.3, 0.4) is 0 Å². The van der Waals surface area contributed by atoms with E-state index in [-0.39, 0.29) is 0 Å². The van der Waals surface area contributed by atoms with Crippen molar-refractivity contribution in [2.24, 2.45) is 0 Å². The van der Waals surface area contributed by atoms with Gasteiger partial charge >= 0.3 is 0 Å². The quantitative estimate of drug-likeness (QED) is 0.286. The molecule has 1 aromatic carbocycles. The first kappa shape index (κ1) is 8.81. The van der Waals surface area contributed by atoms with Crippen LogP contribution in [0.15, 0.2) is 24.3 Å². The lowest BCUT2D eigenvalue weighted by Crippen LogP contribution is -2.20. The maximum absolute atomic E-state index is 9.93. The molecule has 0 saturated carbocycles. The van der Waals surface area contributed by atoms with Gasteiger partial charge in [-0.1, -0.05) is 18.2 Å². The fourth-order valence-corrected chi connectivity index (χ4v) is 0.912. The molecule has 0 bridgehead atoms. The summed E-state index contributed by atoms with van der Waals surface area (Å²) in [6.45, 7) is 0.589. The Morgan fingerprint density at radius 1 is 1.50 bits per heavy atom. The van der Waals surface area contributed by atoms with E-state index in [1.807, 2.05) is 24.3 Å². The van der Waals surface area contributed by atoms with Crippen LogP contribution in [0.5, 0.6) is 0 Å². The highest BCUT2D eigenvalue weighted by Crippen LogP contribution is 2.08. The van der Waals surface area contributed by atoms with Gasteiger partial charge in [-0.25, -0.2) is 0 Å². The molecule has 0 aliphatic heterocycles. The minimum absolute atomic E-state index is 0.589. The highest BCUT2D eigenvalue weighted by Gasteiger charge is 1.95. The summed E-state index contributed by atoms with van der Waals surface area (Å²) < 4.78 is 0. The average Bonchev–Trinajstić information content (AvgIpc) is 2.09. The van der Waals surface area contributed by atoms with Gasteiger partial charge in [0, 0.05) is 12.2 Å². The Morgan fingerprint density at radius 2 is 2.25 bits per heavy atom. The Kier molecular flexibility index (Phi) is 3.35. The van der Waals surface area contributed by atoms with Crippen molar-refractivity contribution in [2.45, 2.75) is 6.54 Å². The van der Waals surface area contributed by atoms with Crippen LogP contribution in [-0.4, -0.2) is 13.6 Å². The van der Waals surface area contributed by atoms with E-state index in [9.17, 15) is 4.79 Å². The Bertz CT molecular complexity index is 265. The smallest absolute Gasteiger partial charge is 0.290 e. The fourth-order valence-electron chi connectivity index (χ4n) is 0.912. The molecule has 0 fully saturated rings. The maximum atomic E-state index is 9.93. The Labute approximate surface area is 72.2 Å². The first-order valence-corrected chi connectivity index (χ1v) is 3.68. The van der Waals surface area contributed by atoms with E-state index in [1.54, 1.807) is 0 Å². The molecular formula is C8H10BN2O. The summed E-state index contributed by atoms with van der Waals surface area (Å²) in [5.41, 5.74) is 7.40. The Hall–Kier alpha value is -1.29. The number of hydrogen-bond donors (Lipinski definition) is 2. The van der Waals surface area contributed by atoms with Crippen molar-refractivity contribution >= 4 is 19.3 Å². The van der Waals surface area contributed by atoms with Crippen LogP contribution < -0.4 is 11.0 Å². The fraction of sp³-hybridized carbons (Fsp3) is 0.125. The molecule has 0 spiro atoms. The molecule has 0 saturated heterocycles. The normalized spacial score (nSPS) is 9.33. The van der Waals surface area contributed by atoms with E-state index < -0.39 is 0 Å². The van der Waals surface area contributed by atoms with Crippen LogP contribution >= 0.6 is 0 Å². The summed E-state index contributed by atoms with van der Waals surface area (Å²) in [4.78, 5) is 9.93. The molecule has 1 rings (SSSR count). The Balaban J connectivity index is 2.51. The molecular weight excluding hydrogens is 151 g/mol. The van der Waals surface area contributed by atoms with Gasteiger partial charge in [0.2, 0.25) is 0 Å². The third-order valence-electron chi connectivity index (χ3n) is 1.53. The van der Waals surface area contributed by atoms with Gasteiger partial charge in [0.05, 0.1) is 6.19 Å². The van der Waals surface area contributed by atoms with Gasteiger partial charge in [-0.3, -0.25) is 0 Å². The second-order valence-electron chi connectivity index (χ2n) is 2.38. The van der Waals surface area contributed by atoms with Crippen molar-refractivity contribution in [3.63, 3.8) is 0 Å². The molecule has 0 aliphatic rings. The molecule has 3 N–H and O–H groups in total. The van der Waals surface area contributed by atoms with Gasteiger partial charge < -0.3 is 15.8 Å². The van der Waals surface area contributed by atoms with Gasteiger partial charge in [0.15, 0.2) is 0 Å². The van der Waals surface area contributed by atoms with Gasteiger partial charge in [0.25, 0.3) is 7.41 Å². The molecule has 1 radical (unpaired) electrons. The maximum Gasteiger partial charge on any atom is 0.290 e. The van der Waals surface area contributed by atoms with E-state index in [0.29, 0.717) is 12.7 Å². The van der Waals surface area contributed by atoms with Gasteiger partial charge in [-0.15, -0.1) is 0 Å².